The molecule has 0 atom stereocenters. The number of fused-ring (bicyclic) bond motifs is 1. The third kappa shape index (κ3) is 3.65. The standard InChI is InChI=1S/C23H14ClFO4/c1-13-6-11-19-17(12-13)20(26)22(21(28-19)16-4-2-3-5-18(16)24)29-23(27)14-7-9-15(25)10-8-14/h2-12H,1H3. The molecule has 0 bridgehead atoms. The number of rotatable bonds is 3. The number of hydrogen-bond donors (Lipinski definition) is 0. The first-order valence-electron chi connectivity index (χ1n) is 8.74. The number of hydrogen-bond acceptors (Lipinski definition) is 4. The van der Waals surface area contributed by atoms with E-state index in [9.17, 15) is 14.0 Å². The lowest BCUT2D eigenvalue weighted by Crippen LogP contribution is -2.16. The maximum Gasteiger partial charge on any atom is 0.343 e. The highest BCUT2D eigenvalue weighted by Gasteiger charge is 2.22. The Labute approximate surface area is 170 Å². The summed E-state index contributed by atoms with van der Waals surface area (Å²) in [6, 6.07) is 16.7. The van der Waals surface area contributed by atoms with Gasteiger partial charge in [-0.25, -0.2) is 9.18 Å². The zero-order chi connectivity index (χ0) is 20.5. The number of carbonyl (C=O) groups is 1. The molecule has 0 amide bonds. The Morgan fingerprint density at radius 3 is 2.48 bits per heavy atom. The third-order valence-electron chi connectivity index (χ3n) is 4.40. The molecular weight excluding hydrogens is 395 g/mol. The molecule has 4 nitrogen and oxygen atoms in total. The van der Waals surface area contributed by atoms with Gasteiger partial charge in [0, 0.05) is 5.56 Å². The average molecular weight is 409 g/mol. The lowest BCUT2D eigenvalue weighted by molar-refractivity contribution is 0.0731. The lowest BCUT2D eigenvalue weighted by Gasteiger charge is -2.12. The van der Waals surface area contributed by atoms with Gasteiger partial charge in [-0.3, -0.25) is 4.79 Å². The van der Waals surface area contributed by atoms with Crippen molar-refractivity contribution in [3.63, 3.8) is 0 Å². The minimum atomic E-state index is -0.808. The molecular formula is C23H14ClFO4. The molecule has 1 heterocycles. The molecule has 0 saturated heterocycles. The number of aryl methyl sites for hydroxylation is 1. The van der Waals surface area contributed by atoms with Crippen LogP contribution < -0.4 is 10.2 Å². The first-order chi connectivity index (χ1) is 13.9. The number of benzene rings is 3. The van der Waals surface area contributed by atoms with Crippen molar-refractivity contribution in [1.29, 1.82) is 0 Å². The predicted octanol–water partition coefficient (Wildman–Crippen LogP) is 5.78. The van der Waals surface area contributed by atoms with Gasteiger partial charge in [0.05, 0.1) is 16.0 Å². The fourth-order valence-corrected chi connectivity index (χ4v) is 3.17. The molecule has 0 aliphatic rings. The molecule has 29 heavy (non-hydrogen) atoms. The van der Waals surface area contributed by atoms with Crippen molar-refractivity contribution in [3.8, 4) is 17.1 Å². The van der Waals surface area contributed by atoms with E-state index in [1.807, 2.05) is 13.0 Å². The monoisotopic (exact) mass is 408 g/mol. The summed E-state index contributed by atoms with van der Waals surface area (Å²) in [5.41, 5.74) is 1.21. The van der Waals surface area contributed by atoms with Gasteiger partial charge in [0.25, 0.3) is 0 Å². The Bertz CT molecular complexity index is 1290. The van der Waals surface area contributed by atoms with Crippen molar-refractivity contribution in [2.45, 2.75) is 6.92 Å². The molecule has 6 heteroatoms. The smallest absolute Gasteiger partial charge is 0.343 e. The zero-order valence-electron chi connectivity index (χ0n) is 15.2. The van der Waals surface area contributed by atoms with Crippen molar-refractivity contribution < 1.29 is 18.3 Å². The van der Waals surface area contributed by atoms with Gasteiger partial charge in [-0.2, -0.15) is 0 Å². The van der Waals surface area contributed by atoms with Crippen molar-refractivity contribution in [2.75, 3.05) is 0 Å². The Morgan fingerprint density at radius 1 is 1.03 bits per heavy atom. The molecule has 0 fully saturated rings. The fraction of sp³-hybridized carbons (Fsp3) is 0.0435. The fourth-order valence-electron chi connectivity index (χ4n) is 2.94. The molecule has 0 aliphatic carbocycles. The molecule has 4 aromatic rings. The molecule has 0 N–H and O–H groups in total. The van der Waals surface area contributed by atoms with E-state index in [-0.39, 0.29) is 22.5 Å². The van der Waals surface area contributed by atoms with Gasteiger partial charge in [-0.05, 0) is 55.5 Å². The van der Waals surface area contributed by atoms with Crippen LogP contribution in [0.1, 0.15) is 15.9 Å². The maximum absolute atomic E-state index is 13.2. The molecule has 1 aromatic heterocycles. The second kappa shape index (κ2) is 7.53. The lowest BCUT2D eigenvalue weighted by atomic mass is 10.1. The molecule has 0 spiro atoms. The molecule has 4 rings (SSSR count). The van der Waals surface area contributed by atoms with Crippen LogP contribution in [0, 0.1) is 12.7 Å². The second-order valence-corrected chi connectivity index (χ2v) is 6.87. The first kappa shape index (κ1) is 18.9. The van der Waals surface area contributed by atoms with Crippen LogP contribution in [0.15, 0.2) is 75.9 Å². The van der Waals surface area contributed by atoms with Crippen molar-refractivity contribution in [2.24, 2.45) is 0 Å². The molecule has 0 aliphatic heterocycles. The Kier molecular flexibility index (Phi) is 4.91. The maximum atomic E-state index is 13.2. The number of esters is 1. The summed E-state index contributed by atoms with van der Waals surface area (Å²) in [6.45, 7) is 1.84. The van der Waals surface area contributed by atoms with Gasteiger partial charge >= 0.3 is 5.97 Å². The van der Waals surface area contributed by atoms with Crippen LogP contribution >= 0.6 is 11.6 Å². The van der Waals surface area contributed by atoms with E-state index in [1.54, 1.807) is 36.4 Å². The molecule has 0 radical (unpaired) electrons. The van der Waals surface area contributed by atoms with Crippen LogP contribution in [0.3, 0.4) is 0 Å². The van der Waals surface area contributed by atoms with Gasteiger partial charge in [-0.15, -0.1) is 0 Å². The van der Waals surface area contributed by atoms with Crippen LogP contribution in [0.4, 0.5) is 4.39 Å². The van der Waals surface area contributed by atoms with Gasteiger partial charge in [-0.1, -0.05) is 35.4 Å². The predicted molar refractivity (Wildman–Crippen MR) is 109 cm³/mol. The summed E-state index contributed by atoms with van der Waals surface area (Å²) in [4.78, 5) is 25.8. The van der Waals surface area contributed by atoms with E-state index in [2.05, 4.69) is 0 Å². The van der Waals surface area contributed by atoms with Crippen LogP contribution in [-0.2, 0) is 0 Å². The largest absolute Gasteiger partial charge is 0.452 e. The molecule has 3 aromatic carbocycles. The first-order valence-corrected chi connectivity index (χ1v) is 9.12. The molecule has 0 saturated carbocycles. The van der Waals surface area contributed by atoms with E-state index in [1.165, 1.54) is 12.1 Å². The third-order valence-corrected chi connectivity index (χ3v) is 4.73. The summed E-state index contributed by atoms with van der Waals surface area (Å²) in [5.74, 6) is -1.52. The van der Waals surface area contributed by atoms with Crippen molar-refractivity contribution in [3.05, 3.63) is 98.9 Å². The Morgan fingerprint density at radius 2 is 1.76 bits per heavy atom. The zero-order valence-corrected chi connectivity index (χ0v) is 16.0. The SMILES string of the molecule is Cc1ccc2oc(-c3ccccc3Cl)c(OC(=O)c3ccc(F)cc3)c(=O)c2c1. The Hall–Kier alpha value is -3.44. The van der Waals surface area contributed by atoms with Crippen LogP contribution in [0.25, 0.3) is 22.3 Å². The van der Waals surface area contributed by atoms with E-state index in [4.69, 9.17) is 20.8 Å². The highest BCUT2D eigenvalue weighted by Crippen LogP contribution is 2.35. The summed E-state index contributed by atoms with van der Waals surface area (Å²) >= 11 is 6.29. The quantitative estimate of drug-likeness (QED) is 0.403. The van der Waals surface area contributed by atoms with Crippen molar-refractivity contribution >= 4 is 28.5 Å². The second-order valence-electron chi connectivity index (χ2n) is 6.47. The highest BCUT2D eigenvalue weighted by atomic mass is 35.5. The van der Waals surface area contributed by atoms with Crippen LogP contribution in [-0.4, -0.2) is 5.97 Å². The Balaban J connectivity index is 1.92. The molecule has 0 unspecified atom stereocenters. The summed E-state index contributed by atoms with van der Waals surface area (Å²) in [5, 5.41) is 0.615. The summed E-state index contributed by atoms with van der Waals surface area (Å²) in [7, 11) is 0. The van der Waals surface area contributed by atoms with E-state index in [0.29, 0.717) is 16.2 Å². The summed E-state index contributed by atoms with van der Waals surface area (Å²) in [6.07, 6.45) is 0. The normalized spacial score (nSPS) is 10.9. The average Bonchev–Trinajstić information content (AvgIpc) is 2.71. The van der Waals surface area contributed by atoms with Gasteiger partial charge in [0.1, 0.15) is 11.4 Å². The minimum Gasteiger partial charge on any atom is -0.452 e. The van der Waals surface area contributed by atoms with E-state index in [0.717, 1.165) is 17.7 Å². The van der Waals surface area contributed by atoms with E-state index >= 15 is 0 Å². The van der Waals surface area contributed by atoms with Gasteiger partial charge in [0.2, 0.25) is 11.2 Å². The number of ether oxygens (including phenoxy) is 1. The van der Waals surface area contributed by atoms with E-state index < -0.39 is 17.2 Å². The number of carbonyl (C=O) groups excluding carboxylic acids is 1. The van der Waals surface area contributed by atoms with Crippen LogP contribution in [0.2, 0.25) is 5.02 Å². The summed E-state index contributed by atoms with van der Waals surface area (Å²) < 4.78 is 24.5. The topological polar surface area (TPSA) is 56.5 Å². The molecule has 144 valence electrons. The van der Waals surface area contributed by atoms with Crippen molar-refractivity contribution in [1.82, 2.24) is 0 Å². The number of halogens is 2. The van der Waals surface area contributed by atoms with Crippen LogP contribution in [0.5, 0.6) is 5.75 Å². The minimum absolute atomic E-state index is 0.0485. The van der Waals surface area contributed by atoms with Gasteiger partial charge in [0.15, 0.2) is 5.76 Å². The highest BCUT2D eigenvalue weighted by molar-refractivity contribution is 6.33. The van der Waals surface area contributed by atoms with Gasteiger partial charge < -0.3 is 9.15 Å².